The zero-order valence-electron chi connectivity index (χ0n) is 19.0. The highest BCUT2D eigenvalue weighted by molar-refractivity contribution is 6.10. The Kier molecular flexibility index (Phi) is 6.26. The van der Waals surface area contributed by atoms with Crippen molar-refractivity contribution in [3.63, 3.8) is 0 Å². The third-order valence-electron chi connectivity index (χ3n) is 5.93. The fraction of sp³-hybridized carbons (Fsp3) is 0.231. The lowest BCUT2D eigenvalue weighted by Crippen LogP contribution is -2.41. The third kappa shape index (κ3) is 3.86. The Morgan fingerprint density at radius 1 is 0.971 bits per heavy atom. The first-order valence-corrected chi connectivity index (χ1v) is 10.5. The number of amides is 1. The number of nitrogens with zero attached hydrogens (tertiary/aromatic N) is 1. The molecule has 7 nitrogen and oxygen atoms in total. The second kappa shape index (κ2) is 9.15. The number of aliphatic hydroxyl groups is 1. The molecule has 0 spiro atoms. The maximum absolute atomic E-state index is 14.3. The van der Waals surface area contributed by atoms with Crippen LogP contribution >= 0.6 is 0 Å². The molecule has 0 aromatic heterocycles. The number of hydrogen-bond acceptors (Lipinski definition) is 6. The molecule has 1 aliphatic heterocycles. The summed E-state index contributed by atoms with van der Waals surface area (Å²) in [5.41, 5.74) is -0.918. The summed E-state index contributed by atoms with van der Waals surface area (Å²) in [7, 11) is 4.30. The summed E-state index contributed by atoms with van der Waals surface area (Å²) >= 11 is 0. The average Bonchev–Trinajstić information content (AvgIpc) is 3.06. The summed E-state index contributed by atoms with van der Waals surface area (Å²) < 4.78 is 30.2. The highest BCUT2D eigenvalue weighted by Gasteiger charge is 2.51. The van der Waals surface area contributed by atoms with Gasteiger partial charge in [0.1, 0.15) is 5.82 Å². The second-order valence-corrected chi connectivity index (χ2v) is 7.87. The third-order valence-corrected chi connectivity index (χ3v) is 5.93. The van der Waals surface area contributed by atoms with Crippen LogP contribution in [0.5, 0.6) is 17.2 Å². The fourth-order valence-electron chi connectivity index (χ4n) is 4.21. The zero-order valence-corrected chi connectivity index (χ0v) is 19.0. The summed E-state index contributed by atoms with van der Waals surface area (Å²) in [5, 5.41) is 11.5. The molecule has 0 bridgehead atoms. The minimum Gasteiger partial charge on any atom is -0.493 e. The molecule has 0 saturated heterocycles. The van der Waals surface area contributed by atoms with Crippen LogP contribution in [0.3, 0.4) is 0 Å². The lowest BCUT2D eigenvalue weighted by molar-refractivity contribution is -0.136. The van der Waals surface area contributed by atoms with E-state index in [2.05, 4.69) is 0 Å². The van der Waals surface area contributed by atoms with Gasteiger partial charge in [-0.25, -0.2) is 4.39 Å². The normalized spacial score (nSPS) is 16.9. The molecule has 8 heteroatoms. The minimum atomic E-state index is -2.11. The van der Waals surface area contributed by atoms with Gasteiger partial charge in [0.15, 0.2) is 22.9 Å². The van der Waals surface area contributed by atoms with Gasteiger partial charge in [0, 0.05) is 16.7 Å². The average molecular weight is 465 g/mol. The largest absolute Gasteiger partial charge is 0.493 e. The van der Waals surface area contributed by atoms with Gasteiger partial charge in [-0.2, -0.15) is 0 Å². The summed E-state index contributed by atoms with van der Waals surface area (Å²) in [6, 6.07) is 15.7. The van der Waals surface area contributed by atoms with Crippen LogP contribution in [0.1, 0.15) is 27.9 Å². The van der Waals surface area contributed by atoms with E-state index in [9.17, 15) is 19.1 Å². The Hall–Kier alpha value is -3.91. The lowest BCUT2D eigenvalue weighted by Gasteiger charge is -2.23. The zero-order chi connectivity index (χ0) is 24.5. The number of anilines is 1. The maximum atomic E-state index is 14.3. The highest BCUT2D eigenvalue weighted by Crippen LogP contribution is 2.44. The number of carbonyl (C=O) groups is 2. The Morgan fingerprint density at radius 3 is 2.21 bits per heavy atom. The van der Waals surface area contributed by atoms with Gasteiger partial charge < -0.3 is 24.2 Å². The Balaban J connectivity index is 1.70. The van der Waals surface area contributed by atoms with Crippen LogP contribution in [0, 0.1) is 5.82 Å². The number of para-hydroxylation sites is 1. The molecule has 4 rings (SSSR count). The molecule has 0 saturated carbocycles. The number of fused-ring (bicyclic) bond motifs is 1. The van der Waals surface area contributed by atoms with Crippen molar-refractivity contribution >= 4 is 17.4 Å². The molecule has 3 aromatic carbocycles. The number of rotatable bonds is 8. The molecule has 34 heavy (non-hydrogen) atoms. The van der Waals surface area contributed by atoms with Gasteiger partial charge in [-0.1, -0.05) is 36.4 Å². The molecule has 1 unspecified atom stereocenters. The molecule has 0 fully saturated rings. The molecule has 0 aliphatic carbocycles. The number of carbonyl (C=O) groups excluding carboxylic acids is 2. The summed E-state index contributed by atoms with van der Waals surface area (Å²) in [4.78, 5) is 28.0. The van der Waals surface area contributed by atoms with Crippen molar-refractivity contribution in [1.82, 2.24) is 0 Å². The molecule has 1 N–H and O–H groups in total. The molecule has 3 aromatic rings. The summed E-state index contributed by atoms with van der Waals surface area (Å²) in [6.45, 7) is -0.0802. The molecular formula is C26H24FNO6. The van der Waals surface area contributed by atoms with E-state index in [1.807, 2.05) is 0 Å². The van der Waals surface area contributed by atoms with Crippen LogP contribution in [0.4, 0.5) is 10.1 Å². The predicted octanol–water partition coefficient (Wildman–Crippen LogP) is 3.86. The summed E-state index contributed by atoms with van der Waals surface area (Å²) in [6.07, 6.45) is -0.519. The van der Waals surface area contributed by atoms with Crippen molar-refractivity contribution in [3.05, 3.63) is 83.2 Å². The topological polar surface area (TPSA) is 85.3 Å². The van der Waals surface area contributed by atoms with Crippen molar-refractivity contribution in [2.45, 2.75) is 18.6 Å². The first-order valence-electron chi connectivity index (χ1n) is 10.5. The van der Waals surface area contributed by atoms with E-state index in [-0.39, 0.29) is 29.2 Å². The molecule has 1 heterocycles. The Labute approximate surface area is 196 Å². The van der Waals surface area contributed by atoms with Gasteiger partial charge in [-0.3, -0.25) is 9.59 Å². The predicted molar refractivity (Wildman–Crippen MR) is 123 cm³/mol. The van der Waals surface area contributed by atoms with E-state index < -0.39 is 29.5 Å². The van der Waals surface area contributed by atoms with Crippen molar-refractivity contribution in [2.75, 3.05) is 26.2 Å². The van der Waals surface area contributed by atoms with Crippen LogP contribution < -0.4 is 19.1 Å². The van der Waals surface area contributed by atoms with Crippen LogP contribution in [0.15, 0.2) is 60.7 Å². The first kappa shape index (κ1) is 23.3. The van der Waals surface area contributed by atoms with E-state index in [1.165, 1.54) is 44.4 Å². The first-order chi connectivity index (χ1) is 16.3. The number of Topliss-reactive ketones (excluding diaryl/α,β-unsaturated/α-hetero) is 1. The Morgan fingerprint density at radius 2 is 1.59 bits per heavy atom. The van der Waals surface area contributed by atoms with Crippen LogP contribution in [-0.4, -0.2) is 38.1 Å². The SMILES string of the molecule is COc1cc(C(=O)CC2(O)C(=O)N(Cc3ccccc3F)c3ccccc32)cc(OC)c1OC. The van der Waals surface area contributed by atoms with Crippen LogP contribution in [0.2, 0.25) is 0 Å². The van der Waals surface area contributed by atoms with E-state index >= 15 is 0 Å². The monoisotopic (exact) mass is 465 g/mol. The maximum Gasteiger partial charge on any atom is 0.264 e. The Bertz CT molecular complexity index is 1230. The van der Waals surface area contributed by atoms with Crippen molar-refractivity contribution in [2.24, 2.45) is 0 Å². The molecule has 176 valence electrons. The second-order valence-electron chi connectivity index (χ2n) is 7.87. The van der Waals surface area contributed by atoms with Crippen LogP contribution in [-0.2, 0) is 16.9 Å². The number of methoxy groups -OCH3 is 3. The smallest absolute Gasteiger partial charge is 0.264 e. The van der Waals surface area contributed by atoms with Gasteiger partial charge in [-0.15, -0.1) is 0 Å². The number of ketones is 1. The van der Waals surface area contributed by atoms with Crippen molar-refractivity contribution in [3.8, 4) is 17.2 Å². The number of hydrogen-bond donors (Lipinski definition) is 1. The lowest BCUT2D eigenvalue weighted by atomic mass is 9.88. The van der Waals surface area contributed by atoms with Gasteiger partial charge in [0.25, 0.3) is 5.91 Å². The van der Waals surface area contributed by atoms with Crippen molar-refractivity contribution in [1.29, 1.82) is 0 Å². The van der Waals surface area contributed by atoms with E-state index in [1.54, 1.807) is 42.5 Å². The van der Waals surface area contributed by atoms with Gasteiger partial charge in [0.05, 0.1) is 40.0 Å². The highest BCUT2D eigenvalue weighted by atomic mass is 19.1. The fourth-order valence-corrected chi connectivity index (χ4v) is 4.21. The van der Waals surface area contributed by atoms with E-state index in [0.29, 0.717) is 17.0 Å². The summed E-state index contributed by atoms with van der Waals surface area (Å²) in [5.74, 6) is -0.793. The van der Waals surface area contributed by atoms with E-state index in [0.717, 1.165) is 0 Å². The van der Waals surface area contributed by atoms with Crippen LogP contribution in [0.25, 0.3) is 0 Å². The molecule has 1 amide bonds. The number of halogens is 1. The molecule has 1 aliphatic rings. The number of benzene rings is 3. The quantitative estimate of drug-likeness (QED) is 0.509. The standard InChI is InChI=1S/C26H24FNO6/c1-32-22-12-17(13-23(33-2)24(22)34-3)21(29)14-26(31)18-9-5-7-11-20(18)28(25(26)30)15-16-8-4-6-10-19(16)27/h4-13,31H,14-15H2,1-3H3. The number of ether oxygens (including phenoxy) is 3. The van der Waals surface area contributed by atoms with Gasteiger partial charge in [-0.05, 0) is 24.3 Å². The molecular weight excluding hydrogens is 441 g/mol. The van der Waals surface area contributed by atoms with Gasteiger partial charge in [0.2, 0.25) is 5.75 Å². The molecule has 1 atom stereocenters. The van der Waals surface area contributed by atoms with Crippen molar-refractivity contribution < 1.29 is 33.3 Å². The van der Waals surface area contributed by atoms with Gasteiger partial charge >= 0.3 is 0 Å². The molecule has 0 radical (unpaired) electrons. The van der Waals surface area contributed by atoms with E-state index in [4.69, 9.17) is 14.2 Å². The minimum absolute atomic E-state index is 0.0802.